The summed E-state index contributed by atoms with van der Waals surface area (Å²) in [5.74, 6) is 5.42. The van der Waals surface area contributed by atoms with Crippen LogP contribution in [0.3, 0.4) is 0 Å². The van der Waals surface area contributed by atoms with Gasteiger partial charge in [-0.1, -0.05) is 26.2 Å². The van der Waals surface area contributed by atoms with Gasteiger partial charge in [-0.2, -0.15) is 0 Å². The highest BCUT2D eigenvalue weighted by atomic mass is 16.5. The Hall–Kier alpha value is -1.69. The molecule has 24 heavy (non-hydrogen) atoms. The molecular formula is C18H36N4O2. The van der Waals surface area contributed by atoms with Crippen molar-refractivity contribution >= 4 is 5.97 Å². The SMILES string of the molecule is CCCCCCOC(=O)CCN(C)/C=C/C(C)N(C)/C=C/N(C)N. The number of hydrazine groups is 1. The highest BCUT2D eigenvalue weighted by Gasteiger charge is 2.05. The zero-order valence-corrected chi connectivity index (χ0v) is 16.1. The van der Waals surface area contributed by atoms with Gasteiger partial charge in [0, 0.05) is 46.1 Å². The topological polar surface area (TPSA) is 62.0 Å². The lowest BCUT2D eigenvalue weighted by atomic mass is 10.2. The van der Waals surface area contributed by atoms with Gasteiger partial charge in [-0.25, -0.2) is 5.84 Å². The Labute approximate surface area is 147 Å². The number of esters is 1. The van der Waals surface area contributed by atoms with E-state index in [2.05, 4.69) is 24.8 Å². The van der Waals surface area contributed by atoms with Crippen LogP contribution in [0.1, 0.15) is 46.0 Å². The highest BCUT2D eigenvalue weighted by Crippen LogP contribution is 2.02. The quantitative estimate of drug-likeness (QED) is 0.241. The summed E-state index contributed by atoms with van der Waals surface area (Å²) in [5, 5.41) is 1.51. The van der Waals surface area contributed by atoms with Crippen LogP contribution in [0.15, 0.2) is 24.7 Å². The van der Waals surface area contributed by atoms with Crippen molar-refractivity contribution in [1.29, 1.82) is 0 Å². The number of ether oxygens (including phenoxy) is 1. The molecule has 0 amide bonds. The minimum absolute atomic E-state index is 0.120. The molecule has 0 heterocycles. The first kappa shape index (κ1) is 22.3. The molecule has 0 aliphatic rings. The summed E-state index contributed by atoms with van der Waals surface area (Å²) in [5.41, 5.74) is 0. The van der Waals surface area contributed by atoms with E-state index in [1.54, 1.807) is 13.2 Å². The lowest BCUT2D eigenvalue weighted by Gasteiger charge is -2.22. The maximum Gasteiger partial charge on any atom is 0.307 e. The number of nitrogens with zero attached hydrogens (tertiary/aromatic N) is 3. The van der Waals surface area contributed by atoms with E-state index in [4.69, 9.17) is 10.6 Å². The monoisotopic (exact) mass is 340 g/mol. The number of hydrogen-bond acceptors (Lipinski definition) is 6. The van der Waals surface area contributed by atoms with Gasteiger partial charge >= 0.3 is 5.97 Å². The van der Waals surface area contributed by atoms with Gasteiger partial charge in [0.1, 0.15) is 0 Å². The molecule has 0 bridgehead atoms. The molecule has 1 atom stereocenters. The van der Waals surface area contributed by atoms with Crippen molar-refractivity contribution in [3.05, 3.63) is 24.7 Å². The zero-order chi connectivity index (χ0) is 18.4. The van der Waals surface area contributed by atoms with Gasteiger partial charge in [-0.05, 0) is 25.6 Å². The second-order valence-corrected chi connectivity index (χ2v) is 6.22. The Balaban J connectivity index is 3.94. The van der Waals surface area contributed by atoms with E-state index >= 15 is 0 Å². The van der Waals surface area contributed by atoms with Gasteiger partial charge in [0.15, 0.2) is 0 Å². The summed E-state index contributed by atoms with van der Waals surface area (Å²) in [6, 6.07) is 0.231. The third-order valence-corrected chi connectivity index (χ3v) is 3.73. The minimum Gasteiger partial charge on any atom is -0.466 e. The van der Waals surface area contributed by atoms with Crippen LogP contribution in [-0.4, -0.2) is 61.1 Å². The largest absolute Gasteiger partial charge is 0.466 e. The fraction of sp³-hybridized carbons (Fsp3) is 0.722. The van der Waals surface area contributed by atoms with Crippen molar-refractivity contribution in [3.63, 3.8) is 0 Å². The van der Waals surface area contributed by atoms with Crippen LogP contribution in [0.2, 0.25) is 0 Å². The van der Waals surface area contributed by atoms with E-state index in [0.29, 0.717) is 19.6 Å². The summed E-state index contributed by atoms with van der Waals surface area (Å²) < 4.78 is 5.23. The number of hydrogen-bond donors (Lipinski definition) is 1. The van der Waals surface area contributed by atoms with Crippen LogP contribution >= 0.6 is 0 Å². The molecule has 2 N–H and O–H groups in total. The molecule has 0 aliphatic heterocycles. The van der Waals surface area contributed by atoms with Crippen LogP contribution in [0.5, 0.6) is 0 Å². The van der Waals surface area contributed by atoms with Gasteiger partial charge in [0.25, 0.3) is 0 Å². The normalized spacial score (nSPS) is 12.6. The molecule has 0 saturated heterocycles. The summed E-state index contributed by atoms with van der Waals surface area (Å²) in [4.78, 5) is 15.7. The number of likely N-dealkylation sites (N-methyl/N-ethyl adjacent to an activating group) is 1. The highest BCUT2D eigenvalue weighted by molar-refractivity contribution is 5.69. The average molecular weight is 341 g/mol. The van der Waals surface area contributed by atoms with Gasteiger partial charge in [0.2, 0.25) is 0 Å². The van der Waals surface area contributed by atoms with Crippen molar-refractivity contribution in [3.8, 4) is 0 Å². The summed E-state index contributed by atoms with van der Waals surface area (Å²) >= 11 is 0. The standard InChI is InChI=1S/C18H36N4O2/c1-6-7-8-9-16-24-18(23)11-13-20(3)12-10-17(2)21(4)14-15-22(5)19/h10,12,14-15,17H,6-9,11,13,16,19H2,1-5H3/b12-10+,15-14+. The van der Waals surface area contributed by atoms with Crippen molar-refractivity contribution in [2.75, 3.05) is 34.3 Å². The molecule has 0 radical (unpaired) electrons. The predicted octanol–water partition coefficient (Wildman–Crippen LogP) is 2.54. The molecule has 0 aromatic rings. The van der Waals surface area contributed by atoms with Gasteiger partial charge in [-0.3, -0.25) is 4.79 Å². The minimum atomic E-state index is -0.120. The van der Waals surface area contributed by atoms with Gasteiger partial charge < -0.3 is 19.5 Å². The van der Waals surface area contributed by atoms with Crippen LogP contribution in [0, 0.1) is 0 Å². The van der Waals surface area contributed by atoms with Gasteiger partial charge in [0.05, 0.1) is 13.0 Å². The smallest absolute Gasteiger partial charge is 0.307 e. The second kappa shape index (κ2) is 13.7. The number of nitrogens with two attached hydrogens (primary N) is 1. The molecule has 0 aromatic heterocycles. The molecular weight excluding hydrogens is 304 g/mol. The number of carbonyl (C=O) groups excluding carboxylic acids is 1. The Morgan fingerprint density at radius 3 is 2.46 bits per heavy atom. The Kier molecular flexibility index (Phi) is 12.8. The molecule has 0 aromatic carbocycles. The molecule has 140 valence electrons. The van der Waals surface area contributed by atoms with E-state index in [1.165, 1.54) is 17.9 Å². The van der Waals surface area contributed by atoms with Crippen LogP contribution in [0.25, 0.3) is 0 Å². The first-order valence-electron chi connectivity index (χ1n) is 8.78. The fourth-order valence-corrected chi connectivity index (χ4v) is 1.88. The molecule has 6 heteroatoms. The van der Waals surface area contributed by atoms with Crippen molar-refractivity contribution in [2.24, 2.45) is 5.84 Å². The molecule has 1 unspecified atom stereocenters. The first-order chi connectivity index (χ1) is 11.4. The predicted molar refractivity (Wildman–Crippen MR) is 99.8 cm³/mol. The van der Waals surface area contributed by atoms with Crippen molar-refractivity contribution < 1.29 is 9.53 Å². The Bertz CT molecular complexity index is 383. The molecule has 6 nitrogen and oxygen atoms in total. The first-order valence-corrected chi connectivity index (χ1v) is 8.78. The summed E-state index contributed by atoms with van der Waals surface area (Å²) in [7, 11) is 5.73. The lowest BCUT2D eigenvalue weighted by Crippen LogP contribution is -2.25. The summed E-state index contributed by atoms with van der Waals surface area (Å²) in [6.45, 7) is 5.46. The number of rotatable bonds is 13. The molecule has 0 fully saturated rings. The van der Waals surface area contributed by atoms with E-state index in [9.17, 15) is 4.79 Å². The van der Waals surface area contributed by atoms with Gasteiger partial charge in [-0.15, -0.1) is 0 Å². The number of unbranched alkanes of at least 4 members (excludes halogenated alkanes) is 3. The van der Waals surface area contributed by atoms with Crippen LogP contribution < -0.4 is 5.84 Å². The molecule has 0 rings (SSSR count). The Morgan fingerprint density at radius 1 is 1.12 bits per heavy atom. The molecule has 0 spiro atoms. The summed E-state index contributed by atoms with van der Waals surface area (Å²) in [6.07, 6.45) is 12.7. The third-order valence-electron chi connectivity index (χ3n) is 3.73. The third kappa shape index (κ3) is 12.8. The van der Waals surface area contributed by atoms with E-state index in [1.807, 2.05) is 31.4 Å². The van der Waals surface area contributed by atoms with E-state index in [0.717, 1.165) is 12.8 Å². The maximum absolute atomic E-state index is 11.7. The number of carbonyl (C=O) groups is 1. The van der Waals surface area contributed by atoms with Crippen molar-refractivity contribution in [1.82, 2.24) is 14.8 Å². The Morgan fingerprint density at radius 2 is 1.83 bits per heavy atom. The molecule has 0 saturated carbocycles. The van der Waals surface area contributed by atoms with Crippen molar-refractivity contribution in [2.45, 2.75) is 52.0 Å². The second-order valence-electron chi connectivity index (χ2n) is 6.22. The van der Waals surface area contributed by atoms with Crippen LogP contribution in [0.4, 0.5) is 0 Å². The lowest BCUT2D eigenvalue weighted by molar-refractivity contribution is -0.143. The molecule has 0 aliphatic carbocycles. The van der Waals surface area contributed by atoms with Crippen LogP contribution in [-0.2, 0) is 9.53 Å². The zero-order valence-electron chi connectivity index (χ0n) is 16.1. The fourth-order valence-electron chi connectivity index (χ4n) is 1.88. The maximum atomic E-state index is 11.7. The van der Waals surface area contributed by atoms with E-state index in [-0.39, 0.29) is 12.0 Å². The van der Waals surface area contributed by atoms with E-state index < -0.39 is 0 Å². The average Bonchev–Trinajstić information content (AvgIpc) is 2.55.